The number of benzene rings is 1. The monoisotopic (exact) mass is 478 g/mol. The van der Waals surface area contributed by atoms with E-state index >= 15 is 0 Å². The van der Waals surface area contributed by atoms with Gasteiger partial charge in [-0.2, -0.15) is 5.10 Å². The van der Waals surface area contributed by atoms with Crippen LogP contribution in [0.25, 0.3) is 5.52 Å². The standard InChI is InChI=1S/C23H26N8O2S/c1-15-12-20(28-27-15)25-22-19-5-3-11-31(19)29-23(26-22)34-18-8-6-16(7-9-18)24-13-21(33)30-10-2-4-17(30)14-32/h3,5-9,11-12,17,24,32H,2,4,10,13-14H2,1H3,(H2,25,26,27,28,29)/t17-/m0/s1. The minimum atomic E-state index is -0.0536. The van der Waals surface area contributed by atoms with Gasteiger partial charge in [0.2, 0.25) is 11.1 Å². The minimum absolute atomic E-state index is 0.00978. The number of aromatic nitrogens is 5. The Morgan fingerprint density at radius 1 is 1.29 bits per heavy atom. The number of aromatic amines is 1. The lowest BCUT2D eigenvalue weighted by atomic mass is 10.2. The van der Waals surface area contributed by atoms with E-state index in [-0.39, 0.29) is 25.1 Å². The molecule has 1 saturated heterocycles. The first kappa shape index (κ1) is 22.2. The number of fused-ring (bicyclic) bond motifs is 1. The van der Waals surface area contributed by atoms with Crippen LogP contribution in [0.15, 0.2) is 58.7 Å². The average Bonchev–Trinajstić information content (AvgIpc) is 3.59. The highest BCUT2D eigenvalue weighted by atomic mass is 32.2. The zero-order valence-corrected chi connectivity index (χ0v) is 19.5. The molecule has 5 rings (SSSR count). The number of nitrogens with one attached hydrogen (secondary N) is 3. The third kappa shape index (κ3) is 4.85. The van der Waals surface area contributed by atoms with Gasteiger partial charge in [-0.25, -0.2) is 9.50 Å². The number of aryl methyl sites for hydroxylation is 1. The van der Waals surface area contributed by atoms with Gasteiger partial charge in [0.15, 0.2) is 11.6 Å². The number of likely N-dealkylation sites (tertiary alicyclic amines) is 1. The summed E-state index contributed by atoms with van der Waals surface area (Å²) in [7, 11) is 0. The lowest BCUT2D eigenvalue weighted by Crippen LogP contribution is -2.40. The summed E-state index contributed by atoms with van der Waals surface area (Å²) in [6, 6.07) is 13.5. The van der Waals surface area contributed by atoms with Gasteiger partial charge in [0.25, 0.3) is 0 Å². The van der Waals surface area contributed by atoms with Crippen LogP contribution in [0.5, 0.6) is 0 Å². The van der Waals surface area contributed by atoms with Gasteiger partial charge in [0.1, 0.15) is 5.52 Å². The van der Waals surface area contributed by atoms with Gasteiger partial charge >= 0.3 is 0 Å². The summed E-state index contributed by atoms with van der Waals surface area (Å²) < 4.78 is 1.79. The molecule has 1 aliphatic rings. The molecule has 0 radical (unpaired) electrons. The molecule has 1 aromatic carbocycles. The Kier molecular flexibility index (Phi) is 6.37. The van der Waals surface area contributed by atoms with Gasteiger partial charge in [-0.15, -0.1) is 5.10 Å². The normalized spacial score (nSPS) is 15.7. The zero-order chi connectivity index (χ0) is 23.5. The Morgan fingerprint density at radius 2 is 2.15 bits per heavy atom. The van der Waals surface area contributed by atoms with Crippen LogP contribution in [0.1, 0.15) is 18.5 Å². The van der Waals surface area contributed by atoms with Crippen LogP contribution in [0.3, 0.4) is 0 Å². The van der Waals surface area contributed by atoms with Crippen molar-refractivity contribution in [2.75, 3.05) is 30.3 Å². The third-order valence-corrected chi connectivity index (χ3v) is 6.60. The molecule has 0 unspecified atom stereocenters. The summed E-state index contributed by atoms with van der Waals surface area (Å²) in [5.74, 6) is 1.38. The van der Waals surface area contributed by atoms with Crippen LogP contribution in [0.2, 0.25) is 0 Å². The number of carbonyl (C=O) groups is 1. The molecule has 10 nitrogen and oxygen atoms in total. The fourth-order valence-corrected chi connectivity index (χ4v) is 4.78. The van der Waals surface area contributed by atoms with Crippen molar-refractivity contribution in [2.24, 2.45) is 0 Å². The summed E-state index contributed by atoms with van der Waals surface area (Å²) in [5, 5.41) is 28.2. The van der Waals surface area contributed by atoms with E-state index in [9.17, 15) is 9.90 Å². The SMILES string of the molecule is Cc1cc(Nc2nc(Sc3ccc(NCC(=O)N4CCC[C@H]4CO)cc3)nn3cccc23)n[nH]1. The van der Waals surface area contributed by atoms with Crippen molar-refractivity contribution in [1.82, 2.24) is 29.7 Å². The number of aliphatic hydroxyl groups excluding tert-OH is 1. The molecule has 1 atom stereocenters. The molecular weight excluding hydrogens is 452 g/mol. The molecule has 0 spiro atoms. The van der Waals surface area contributed by atoms with Crippen molar-refractivity contribution in [1.29, 1.82) is 0 Å². The van der Waals surface area contributed by atoms with Crippen molar-refractivity contribution in [3.8, 4) is 0 Å². The third-order valence-electron chi connectivity index (χ3n) is 5.74. The second-order valence-electron chi connectivity index (χ2n) is 8.19. The molecule has 0 bridgehead atoms. The van der Waals surface area contributed by atoms with E-state index in [1.165, 1.54) is 11.8 Å². The van der Waals surface area contributed by atoms with Crippen LogP contribution in [0.4, 0.5) is 17.3 Å². The second kappa shape index (κ2) is 9.74. The van der Waals surface area contributed by atoms with Gasteiger partial charge in [-0.05, 0) is 67.9 Å². The maximum Gasteiger partial charge on any atom is 0.242 e. The van der Waals surface area contributed by atoms with E-state index in [1.807, 2.05) is 55.6 Å². The molecule has 1 fully saturated rings. The summed E-state index contributed by atoms with van der Waals surface area (Å²) in [5.41, 5.74) is 2.67. The molecule has 3 aromatic heterocycles. The van der Waals surface area contributed by atoms with Crippen LogP contribution in [-0.2, 0) is 4.79 Å². The number of H-pyrrole nitrogens is 1. The fourth-order valence-electron chi connectivity index (χ4n) is 4.03. The Morgan fingerprint density at radius 3 is 2.91 bits per heavy atom. The predicted octanol–water partition coefficient (Wildman–Crippen LogP) is 3.05. The number of amides is 1. The number of hydrogen-bond acceptors (Lipinski definition) is 8. The number of hydrogen-bond donors (Lipinski definition) is 4. The van der Waals surface area contributed by atoms with Crippen molar-refractivity contribution in [3.05, 3.63) is 54.4 Å². The van der Waals surface area contributed by atoms with E-state index < -0.39 is 0 Å². The Balaban J connectivity index is 1.25. The summed E-state index contributed by atoms with van der Waals surface area (Å²) in [6.07, 6.45) is 3.69. The van der Waals surface area contributed by atoms with Crippen molar-refractivity contribution >= 4 is 40.5 Å². The Labute approximate surface area is 200 Å². The largest absolute Gasteiger partial charge is 0.394 e. The lowest BCUT2D eigenvalue weighted by Gasteiger charge is -2.23. The molecule has 0 saturated carbocycles. The summed E-state index contributed by atoms with van der Waals surface area (Å²) in [4.78, 5) is 19.9. The highest BCUT2D eigenvalue weighted by Crippen LogP contribution is 2.29. The molecule has 4 N–H and O–H groups in total. The van der Waals surface area contributed by atoms with Crippen molar-refractivity contribution in [2.45, 2.75) is 35.9 Å². The van der Waals surface area contributed by atoms with Crippen LogP contribution >= 0.6 is 11.8 Å². The number of nitrogens with zero attached hydrogens (tertiary/aromatic N) is 5. The Hall–Kier alpha value is -3.57. The highest BCUT2D eigenvalue weighted by Gasteiger charge is 2.27. The van der Waals surface area contributed by atoms with E-state index in [0.717, 1.165) is 34.6 Å². The summed E-state index contributed by atoms with van der Waals surface area (Å²) in [6.45, 7) is 2.88. The number of carbonyl (C=O) groups excluding carboxylic acids is 1. The van der Waals surface area contributed by atoms with Crippen LogP contribution < -0.4 is 10.6 Å². The summed E-state index contributed by atoms with van der Waals surface area (Å²) >= 11 is 1.45. The van der Waals surface area contributed by atoms with E-state index in [1.54, 1.807) is 9.42 Å². The average molecular weight is 479 g/mol. The molecule has 1 amide bonds. The maximum absolute atomic E-state index is 12.5. The first-order valence-electron chi connectivity index (χ1n) is 11.2. The number of aliphatic hydroxyl groups is 1. The predicted molar refractivity (Wildman–Crippen MR) is 130 cm³/mol. The topological polar surface area (TPSA) is 123 Å². The molecule has 4 aromatic rings. The minimum Gasteiger partial charge on any atom is -0.394 e. The van der Waals surface area contributed by atoms with Gasteiger partial charge in [-0.3, -0.25) is 9.89 Å². The molecule has 176 valence electrons. The van der Waals surface area contributed by atoms with E-state index in [4.69, 9.17) is 4.98 Å². The molecule has 0 aliphatic carbocycles. The van der Waals surface area contributed by atoms with Crippen LogP contribution in [0, 0.1) is 6.92 Å². The second-order valence-corrected chi connectivity index (χ2v) is 9.23. The van der Waals surface area contributed by atoms with Crippen molar-refractivity contribution < 1.29 is 9.90 Å². The van der Waals surface area contributed by atoms with Gasteiger partial charge < -0.3 is 20.6 Å². The smallest absolute Gasteiger partial charge is 0.242 e. The molecule has 1 aliphatic heterocycles. The zero-order valence-electron chi connectivity index (χ0n) is 18.7. The molecule has 34 heavy (non-hydrogen) atoms. The first-order chi connectivity index (χ1) is 16.6. The number of rotatable bonds is 8. The lowest BCUT2D eigenvalue weighted by molar-refractivity contribution is -0.130. The van der Waals surface area contributed by atoms with Gasteiger partial charge in [-0.1, -0.05) is 0 Å². The Bertz CT molecular complexity index is 1290. The maximum atomic E-state index is 12.5. The van der Waals surface area contributed by atoms with Crippen molar-refractivity contribution in [3.63, 3.8) is 0 Å². The molecule has 11 heteroatoms. The van der Waals surface area contributed by atoms with E-state index in [2.05, 4.69) is 25.9 Å². The van der Waals surface area contributed by atoms with E-state index in [0.29, 0.717) is 23.3 Å². The van der Waals surface area contributed by atoms with Gasteiger partial charge in [0, 0.05) is 35.1 Å². The first-order valence-corrected chi connectivity index (χ1v) is 12.0. The highest BCUT2D eigenvalue weighted by molar-refractivity contribution is 7.99. The quantitative estimate of drug-likeness (QED) is 0.305. The van der Waals surface area contributed by atoms with Crippen LogP contribution in [-0.4, -0.2) is 66.4 Å². The van der Waals surface area contributed by atoms with Gasteiger partial charge in [0.05, 0.1) is 19.2 Å². The fraction of sp³-hybridized carbons (Fsp3) is 0.304. The molecule has 4 heterocycles. The number of anilines is 3. The molecular formula is C23H26N8O2S.